The molecule has 0 fully saturated rings. The van der Waals surface area contributed by atoms with Crippen LogP contribution in [0.25, 0.3) is 0 Å². The van der Waals surface area contributed by atoms with Gasteiger partial charge in [0.05, 0.1) is 13.7 Å². The Labute approximate surface area is 143 Å². The van der Waals surface area contributed by atoms with Crippen LogP contribution >= 0.6 is 0 Å². The van der Waals surface area contributed by atoms with Crippen molar-refractivity contribution < 1.29 is 17.9 Å². The topological polar surface area (TPSA) is 64.6 Å². The molecule has 0 aromatic heterocycles. The molecule has 24 heavy (non-hydrogen) atoms. The summed E-state index contributed by atoms with van der Waals surface area (Å²) in [5.74, 6) is 1.04. The smallest absolute Gasteiger partial charge is 0.265 e. The maximum absolute atomic E-state index is 12.7. The van der Waals surface area contributed by atoms with Gasteiger partial charge in [-0.1, -0.05) is 6.92 Å². The number of rotatable bonds is 7. The fourth-order valence-corrected chi connectivity index (χ4v) is 3.48. The third-order valence-corrected chi connectivity index (χ3v) is 5.05. The number of hydrogen-bond acceptors (Lipinski definition) is 4. The second-order valence-corrected chi connectivity index (χ2v) is 7.22. The van der Waals surface area contributed by atoms with Crippen LogP contribution in [0.2, 0.25) is 0 Å². The van der Waals surface area contributed by atoms with Crippen LogP contribution in [-0.2, 0) is 10.0 Å². The van der Waals surface area contributed by atoms with Crippen LogP contribution < -0.4 is 14.2 Å². The summed E-state index contributed by atoms with van der Waals surface area (Å²) in [4.78, 5) is 0.124. The highest BCUT2D eigenvalue weighted by Gasteiger charge is 2.20. The van der Waals surface area contributed by atoms with Crippen LogP contribution in [-0.4, -0.2) is 22.1 Å². The van der Waals surface area contributed by atoms with Crippen LogP contribution in [0.15, 0.2) is 41.3 Å². The minimum atomic E-state index is -3.74. The number of hydrogen-bond donors (Lipinski definition) is 1. The van der Waals surface area contributed by atoms with Crippen LogP contribution in [0.3, 0.4) is 0 Å². The van der Waals surface area contributed by atoms with Crippen molar-refractivity contribution in [1.29, 1.82) is 0 Å². The first-order chi connectivity index (χ1) is 11.4. The van der Waals surface area contributed by atoms with Crippen LogP contribution in [0, 0.1) is 13.8 Å². The molecule has 0 heterocycles. The standard InChI is InChI=1S/C18H23NO4S/c1-5-10-23-16-8-6-15(7-9-16)19-24(20,21)18-12-14(3)13(2)11-17(18)22-4/h6-9,11-12,19H,5,10H2,1-4H3. The predicted molar refractivity (Wildman–Crippen MR) is 95.5 cm³/mol. The summed E-state index contributed by atoms with van der Waals surface area (Å²) in [5, 5.41) is 0. The van der Waals surface area contributed by atoms with Crippen molar-refractivity contribution in [2.24, 2.45) is 0 Å². The van der Waals surface area contributed by atoms with Gasteiger partial charge in [-0.2, -0.15) is 0 Å². The zero-order chi connectivity index (χ0) is 17.7. The number of benzene rings is 2. The Morgan fingerprint density at radius 2 is 1.67 bits per heavy atom. The monoisotopic (exact) mass is 349 g/mol. The van der Waals surface area contributed by atoms with E-state index in [-0.39, 0.29) is 4.90 Å². The first-order valence-electron chi connectivity index (χ1n) is 7.78. The predicted octanol–water partition coefficient (Wildman–Crippen LogP) is 3.90. The molecule has 0 atom stereocenters. The lowest BCUT2D eigenvalue weighted by molar-refractivity contribution is 0.317. The molecule has 0 aliphatic rings. The van der Waals surface area contributed by atoms with Gasteiger partial charge >= 0.3 is 0 Å². The molecule has 5 nitrogen and oxygen atoms in total. The fraction of sp³-hybridized carbons (Fsp3) is 0.333. The second kappa shape index (κ2) is 7.57. The van der Waals surface area contributed by atoms with Crippen molar-refractivity contribution in [2.45, 2.75) is 32.1 Å². The maximum atomic E-state index is 12.7. The van der Waals surface area contributed by atoms with Gasteiger partial charge in [0.15, 0.2) is 0 Å². The molecule has 130 valence electrons. The van der Waals surface area contributed by atoms with Gasteiger partial charge in [0.25, 0.3) is 10.0 Å². The Hall–Kier alpha value is -2.21. The quantitative estimate of drug-likeness (QED) is 0.823. The van der Waals surface area contributed by atoms with Gasteiger partial charge in [0, 0.05) is 5.69 Å². The molecule has 2 rings (SSSR count). The minimum absolute atomic E-state index is 0.124. The molecule has 2 aromatic rings. The molecular weight excluding hydrogens is 326 g/mol. The van der Waals surface area contributed by atoms with Crippen molar-refractivity contribution in [3.63, 3.8) is 0 Å². The second-order valence-electron chi connectivity index (χ2n) is 5.57. The molecule has 0 aliphatic heterocycles. The Morgan fingerprint density at radius 1 is 1.04 bits per heavy atom. The van der Waals surface area contributed by atoms with E-state index in [4.69, 9.17) is 9.47 Å². The minimum Gasteiger partial charge on any atom is -0.495 e. The van der Waals surface area contributed by atoms with Gasteiger partial charge in [-0.15, -0.1) is 0 Å². The number of nitrogens with one attached hydrogen (secondary N) is 1. The Morgan fingerprint density at radius 3 is 2.25 bits per heavy atom. The highest BCUT2D eigenvalue weighted by molar-refractivity contribution is 7.92. The lowest BCUT2D eigenvalue weighted by Gasteiger charge is -2.14. The number of aryl methyl sites for hydroxylation is 2. The Bertz CT molecular complexity index is 799. The van der Waals surface area contributed by atoms with Crippen LogP contribution in [0.5, 0.6) is 11.5 Å². The van der Waals surface area contributed by atoms with E-state index in [0.717, 1.165) is 17.5 Å². The molecule has 0 aliphatic carbocycles. The molecule has 0 saturated heterocycles. The number of sulfonamides is 1. The molecule has 1 N–H and O–H groups in total. The average Bonchev–Trinajstić information content (AvgIpc) is 2.56. The molecule has 0 spiro atoms. The Kier molecular flexibility index (Phi) is 5.72. The van der Waals surface area contributed by atoms with E-state index >= 15 is 0 Å². The lowest BCUT2D eigenvalue weighted by atomic mass is 10.1. The number of ether oxygens (including phenoxy) is 2. The van der Waals surface area contributed by atoms with E-state index < -0.39 is 10.0 Å². The molecule has 0 amide bonds. The summed E-state index contributed by atoms with van der Waals surface area (Å²) < 4.78 is 38.7. The van der Waals surface area contributed by atoms with E-state index in [1.54, 1.807) is 36.4 Å². The largest absolute Gasteiger partial charge is 0.495 e. The maximum Gasteiger partial charge on any atom is 0.265 e. The molecule has 0 unspecified atom stereocenters. The van der Waals surface area contributed by atoms with Gasteiger partial charge in [-0.3, -0.25) is 4.72 Å². The molecule has 0 bridgehead atoms. The SMILES string of the molecule is CCCOc1ccc(NS(=O)(=O)c2cc(C)c(C)cc2OC)cc1. The molecular formula is C18H23NO4S. The van der Waals surface area contributed by atoms with E-state index in [9.17, 15) is 8.42 Å². The van der Waals surface area contributed by atoms with E-state index in [2.05, 4.69) is 4.72 Å². The normalized spacial score (nSPS) is 11.2. The van der Waals surface area contributed by atoms with E-state index in [1.165, 1.54) is 7.11 Å². The van der Waals surface area contributed by atoms with Crippen molar-refractivity contribution in [1.82, 2.24) is 0 Å². The summed E-state index contributed by atoms with van der Waals surface area (Å²) in [5.41, 5.74) is 2.34. The number of anilines is 1. The van der Waals surface area contributed by atoms with E-state index in [1.807, 2.05) is 20.8 Å². The van der Waals surface area contributed by atoms with Gasteiger partial charge < -0.3 is 9.47 Å². The molecule has 6 heteroatoms. The first-order valence-corrected chi connectivity index (χ1v) is 9.26. The first kappa shape index (κ1) is 18.1. The summed E-state index contributed by atoms with van der Waals surface area (Å²) in [7, 11) is -2.28. The lowest BCUT2D eigenvalue weighted by Crippen LogP contribution is -2.14. The summed E-state index contributed by atoms with van der Waals surface area (Å²) in [6, 6.07) is 10.2. The van der Waals surface area contributed by atoms with Crippen molar-refractivity contribution >= 4 is 15.7 Å². The van der Waals surface area contributed by atoms with Crippen molar-refractivity contribution in [3.8, 4) is 11.5 Å². The van der Waals surface area contributed by atoms with Crippen LogP contribution in [0.1, 0.15) is 24.5 Å². The highest BCUT2D eigenvalue weighted by atomic mass is 32.2. The van der Waals surface area contributed by atoms with Gasteiger partial charge in [0.1, 0.15) is 16.4 Å². The highest BCUT2D eigenvalue weighted by Crippen LogP contribution is 2.29. The van der Waals surface area contributed by atoms with Crippen molar-refractivity contribution in [2.75, 3.05) is 18.4 Å². The Balaban J connectivity index is 2.27. The van der Waals surface area contributed by atoms with E-state index in [0.29, 0.717) is 23.8 Å². The third-order valence-electron chi connectivity index (χ3n) is 3.65. The van der Waals surface area contributed by atoms with Gasteiger partial charge in [-0.25, -0.2) is 8.42 Å². The zero-order valence-corrected chi connectivity index (χ0v) is 15.2. The average molecular weight is 349 g/mol. The van der Waals surface area contributed by atoms with Crippen molar-refractivity contribution in [3.05, 3.63) is 47.5 Å². The fourth-order valence-electron chi connectivity index (χ4n) is 2.18. The number of methoxy groups -OCH3 is 1. The van der Waals surface area contributed by atoms with Gasteiger partial charge in [-0.05, 0) is 67.8 Å². The zero-order valence-electron chi connectivity index (χ0n) is 14.4. The van der Waals surface area contributed by atoms with Gasteiger partial charge in [0.2, 0.25) is 0 Å². The molecule has 2 aromatic carbocycles. The van der Waals surface area contributed by atoms with Crippen LogP contribution in [0.4, 0.5) is 5.69 Å². The summed E-state index contributed by atoms with van der Waals surface area (Å²) in [6.07, 6.45) is 0.918. The molecule has 0 radical (unpaired) electrons. The summed E-state index contributed by atoms with van der Waals surface area (Å²) >= 11 is 0. The molecule has 0 saturated carbocycles. The third kappa shape index (κ3) is 4.20. The summed E-state index contributed by atoms with van der Waals surface area (Å²) in [6.45, 7) is 6.44.